The van der Waals surface area contributed by atoms with E-state index in [9.17, 15) is 0 Å². The predicted molar refractivity (Wildman–Crippen MR) is 167 cm³/mol. The Balaban J connectivity index is 1.48. The van der Waals surface area contributed by atoms with E-state index in [0.29, 0.717) is 42.0 Å². The lowest BCUT2D eigenvalue weighted by molar-refractivity contribution is 0.127. The topological polar surface area (TPSA) is 55.4 Å². The van der Waals surface area contributed by atoms with Crippen molar-refractivity contribution in [2.75, 3.05) is 21.3 Å². The van der Waals surface area contributed by atoms with E-state index in [-0.39, 0.29) is 0 Å². The van der Waals surface area contributed by atoms with Gasteiger partial charge in [-0.15, -0.1) is 0 Å². The molecule has 5 aromatic rings. The van der Waals surface area contributed by atoms with Gasteiger partial charge in [-0.25, -0.2) is 0 Å². The summed E-state index contributed by atoms with van der Waals surface area (Å²) in [5.74, 6) is 3.86. The molecular weight excluding hydrogens is 540 g/mol. The van der Waals surface area contributed by atoms with Gasteiger partial charge < -0.3 is 28.4 Å². The summed E-state index contributed by atoms with van der Waals surface area (Å²) in [7, 11) is 4.96. The summed E-state index contributed by atoms with van der Waals surface area (Å²) in [6.45, 7) is 2.86. The molecule has 5 aromatic carbocycles. The molecule has 0 aliphatic carbocycles. The van der Waals surface area contributed by atoms with Crippen molar-refractivity contribution in [2.45, 2.75) is 25.7 Å². The monoisotopic (exact) mass is 574 g/mol. The third-order valence-corrected chi connectivity index (χ3v) is 7.78. The molecule has 1 aliphatic heterocycles. The zero-order valence-electron chi connectivity index (χ0n) is 24.8. The fourth-order valence-corrected chi connectivity index (χ4v) is 5.44. The molecule has 0 aromatic heterocycles. The van der Waals surface area contributed by atoms with Crippen LogP contribution in [0.15, 0.2) is 109 Å². The molecule has 0 amide bonds. The minimum atomic E-state index is -0.890. The predicted octanol–water partition coefficient (Wildman–Crippen LogP) is 8.19. The highest BCUT2D eigenvalue weighted by Gasteiger charge is 2.40. The first-order valence-corrected chi connectivity index (χ1v) is 14.1. The maximum atomic E-state index is 6.93. The Hall–Kier alpha value is -5.10. The third kappa shape index (κ3) is 5.56. The van der Waals surface area contributed by atoms with Crippen molar-refractivity contribution >= 4 is 0 Å². The third-order valence-electron chi connectivity index (χ3n) is 7.78. The van der Waals surface area contributed by atoms with Crippen LogP contribution in [0.2, 0.25) is 0 Å². The maximum absolute atomic E-state index is 6.93. The van der Waals surface area contributed by atoms with Gasteiger partial charge in [-0.1, -0.05) is 72.8 Å². The summed E-state index contributed by atoms with van der Waals surface area (Å²) in [6, 6.07) is 35.9. The Labute approximate surface area is 252 Å². The van der Waals surface area contributed by atoms with Gasteiger partial charge >= 0.3 is 0 Å². The molecule has 6 rings (SSSR count). The lowest BCUT2D eigenvalue weighted by atomic mass is 9.80. The quantitative estimate of drug-likeness (QED) is 0.168. The Kier molecular flexibility index (Phi) is 7.84. The van der Waals surface area contributed by atoms with E-state index in [2.05, 4.69) is 6.92 Å². The van der Waals surface area contributed by atoms with Crippen LogP contribution in [0.3, 0.4) is 0 Å². The van der Waals surface area contributed by atoms with E-state index < -0.39 is 5.60 Å². The fourth-order valence-electron chi connectivity index (χ4n) is 5.44. The molecule has 218 valence electrons. The number of rotatable bonds is 10. The van der Waals surface area contributed by atoms with E-state index in [1.807, 2.05) is 109 Å². The molecule has 6 heteroatoms. The summed E-state index contributed by atoms with van der Waals surface area (Å²) in [6.07, 6.45) is 0. The number of benzene rings is 5. The molecule has 1 aliphatic rings. The van der Waals surface area contributed by atoms with Crippen LogP contribution >= 0.6 is 0 Å². The summed E-state index contributed by atoms with van der Waals surface area (Å²) < 4.78 is 36.7. The van der Waals surface area contributed by atoms with Gasteiger partial charge in [0.25, 0.3) is 0 Å². The molecule has 6 nitrogen and oxygen atoms in total. The first kappa shape index (κ1) is 28.0. The van der Waals surface area contributed by atoms with Crippen molar-refractivity contribution < 1.29 is 28.4 Å². The van der Waals surface area contributed by atoms with Crippen LogP contribution < -0.4 is 28.4 Å². The van der Waals surface area contributed by atoms with Crippen LogP contribution in [0.25, 0.3) is 11.1 Å². The van der Waals surface area contributed by atoms with Gasteiger partial charge in [0.15, 0.2) is 28.6 Å². The zero-order chi connectivity index (χ0) is 29.8. The first-order chi connectivity index (χ1) is 21.0. The minimum Gasteiger partial charge on any atom is -0.497 e. The number of methoxy groups -OCH3 is 3. The maximum Gasteiger partial charge on any atom is 0.165 e. The van der Waals surface area contributed by atoms with Crippen molar-refractivity contribution in [3.63, 3.8) is 0 Å². The van der Waals surface area contributed by atoms with Crippen LogP contribution in [0, 0.1) is 0 Å². The molecule has 0 fully saturated rings. The summed E-state index contributed by atoms with van der Waals surface area (Å²) in [4.78, 5) is 0. The molecule has 0 saturated carbocycles. The summed E-state index contributed by atoms with van der Waals surface area (Å²) in [5.41, 5.74) is 4.90. The molecule has 1 heterocycles. The lowest BCUT2D eigenvalue weighted by Crippen LogP contribution is -2.34. The highest BCUT2D eigenvalue weighted by Crippen LogP contribution is 2.54. The van der Waals surface area contributed by atoms with E-state index in [1.165, 1.54) is 0 Å². The van der Waals surface area contributed by atoms with Crippen LogP contribution in [0.4, 0.5) is 0 Å². The number of hydrogen-bond donors (Lipinski definition) is 0. The SMILES string of the molecule is COc1cccc(C2(C)Oc3cc(OCc4ccccc4)c(OC)cc3-c3cc(OC)c(OCc4ccccc4)cc32)c1. The molecule has 1 unspecified atom stereocenters. The van der Waals surface area contributed by atoms with Crippen LogP contribution in [-0.4, -0.2) is 21.3 Å². The summed E-state index contributed by atoms with van der Waals surface area (Å²) in [5, 5.41) is 0. The second kappa shape index (κ2) is 12.0. The Morgan fingerprint density at radius 1 is 0.558 bits per heavy atom. The number of fused-ring (bicyclic) bond motifs is 3. The molecule has 43 heavy (non-hydrogen) atoms. The highest BCUT2D eigenvalue weighted by atomic mass is 16.5. The van der Waals surface area contributed by atoms with Crippen molar-refractivity contribution in [3.8, 4) is 45.6 Å². The van der Waals surface area contributed by atoms with Crippen LogP contribution in [-0.2, 0) is 18.8 Å². The molecule has 0 bridgehead atoms. The van der Waals surface area contributed by atoms with Crippen molar-refractivity contribution in [1.29, 1.82) is 0 Å². The van der Waals surface area contributed by atoms with Gasteiger partial charge in [-0.3, -0.25) is 0 Å². The molecule has 0 radical (unpaired) electrons. The second-order valence-electron chi connectivity index (χ2n) is 10.5. The molecule has 0 spiro atoms. The molecule has 0 N–H and O–H groups in total. The fraction of sp³-hybridized carbons (Fsp3) is 0.189. The largest absolute Gasteiger partial charge is 0.497 e. The molecule has 1 atom stereocenters. The average molecular weight is 575 g/mol. The van der Waals surface area contributed by atoms with Gasteiger partial charge in [0.05, 0.1) is 21.3 Å². The standard InChI is InChI=1S/C37H34O6/c1-37(27-16-11-17-28(18-27)38-2)31-21-35(41-23-25-12-7-5-8-13-25)33(39-3)19-29(31)30-20-34(40-4)36(22-32(30)43-37)42-24-26-14-9-6-10-15-26/h5-22H,23-24H2,1-4H3. The van der Waals surface area contributed by atoms with E-state index in [4.69, 9.17) is 28.4 Å². The Morgan fingerprint density at radius 2 is 1.14 bits per heavy atom. The van der Waals surface area contributed by atoms with Gasteiger partial charge in [0.1, 0.15) is 24.7 Å². The van der Waals surface area contributed by atoms with Crippen LogP contribution in [0.5, 0.6) is 34.5 Å². The normalized spacial score (nSPS) is 15.0. The smallest absolute Gasteiger partial charge is 0.165 e. The van der Waals surface area contributed by atoms with E-state index in [1.54, 1.807) is 21.3 Å². The van der Waals surface area contributed by atoms with E-state index in [0.717, 1.165) is 39.1 Å². The highest BCUT2D eigenvalue weighted by molar-refractivity contribution is 5.82. The number of ether oxygens (including phenoxy) is 6. The van der Waals surface area contributed by atoms with Crippen LogP contribution in [0.1, 0.15) is 29.2 Å². The van der Waals surface area contributed by atoms with Gasteiger partial charge in [0, 0.05) is 22.8 Å². The molecular formula is C37H34O6. The zero-order valence-corrected chi connectivity index (χ0v) is 24.8. The summed E-state index contributed by atoms with van der Waals surface area (Å²) >= 11 is 0. The van der Waals surface area contributed by atoms with Gasteiger partial charge in [0.2, 0.25) is 0 Å². The lowest BCUT2D eigenvalue weighted by Gasteiger charge is -2.39. The van der Waals surface area contributed by atoms with E-state index >= 15 is 0 Å². The van der Waals surface area contributed by atoms with Crippen molar-refractivity contribution in [1.82, 2.24) is 0 Å². The van der Waals surface area contributed by atoms with Crippen molar-refractivity contribution in [2.24, 2.45) is 0 Å². The Morgan fingerprint density at radius 3 is 1.72 bits per heavy atom. The molecule has 0 saturated heterocycles. The Bertz CT molecular complexity index is 1720. The minimum absolute atomic E-state index is 0.398. The first-order valence-electron chi connectivity index (χ1n) is 14.1. The number of hydrogen-bond acceptors (Lipinski definition) is 6. The van der Waals surface area contributed by atoms with Crippen molar-refractivity contribution in [3.05, 3.63) is 131 Å². The average Bonchev–Trinajstić information content (AvgIpc) is 3.06. The van der Waals surface area contributed by atoms with Gasteiger partial charge in [-0.05, 0) is 53.9 Å². The second-order valence-corrected chi connectivity index (χ2v) is 10.5. The van der Waals surface area contributed by atoms with Gasteiger partial charge in [-0.2, -0.15) is 0 Å².